The molecule has 0 fully saturated rings. The summed E-state index contributed by atoms with van der Waals surface area (Å²) in [6.07, 6.45) is 0.0937. The molecule has 21 nitrogen and oxygen atoms in total. The molecule has 0 aliphatic rings. The molecule has 14 N–H and O–H groups in total. The predicted octanol–water partition coefficient (Wildman–Crippen LogP) is -3.15. The summed E-state index contributed by atoms with van der Waals surface area (Å²) in [5.74, 6) is -10.1. The molecule has 7 amide bonds. The topological polar surface area (TPSA) is 354 Å². The second-order valence-corrected chi connectivity index (χ2v) is 13.3. The molecule has 1 aromatic heterocycles. The minimum absolute atomic E-state index is 0.134. The molecule has 56 heavy (non-hydrogen) atoms. The molecule has 0 saturated carbocycles. The zero-order valence-corrected chi connectivity index (χ0v) is 31.4. The van der Waals surface area contributed by atoms with Crippen LogP contribution in [0.4, 0.5) is 0 Å². The van der Waals surface area contributed by atoms with Crippen LogP contribution in [0.5, 0.6) is 0 Å². The van der Waals surface area contributed by atoms with Gasteiger partial charge < -0.3 is 63.7 Å². The van der Waals surface area contributed by atoms with E-state index in [1.165, 1.54) is 13.8 Å². The van der Waals surface area contributed by atoms with E-state index in [0.717, 1.165) is 5.52 Å². The average molecular weight is 790 g/mol. The van der Waals surface area contributed by atoms with Crippen molar-refractivity contribution in [3.8, 4) is 0 Å². The van der Waals surface area contributed by atoms with Gasteiger partial charge in [-0.25, -0.2) is 0 Å². The van der Waals surface area contributed by atoms with Crippen molar-refractivity contribution < 1.29 is 58.5 Å². The Morgan fingerprint density at radius 2 is 1.29 bits per heavy atom. The van der Waals surface area contributed by atoms with E-state index in [2.05, 4.69) is 36.9 Å². The van der Waals surface area contributed by atoms with E-state index in [1.807, 2.05) is 0 Å². The number of benzene rings is 1. The maximum Gasteiger partial charge on any atom is 0.325 e. The van der Waals surface area contributed by atoms with Gasteiger partial charge >= 0.3 is 11.9 Å². The van der Waals surface area contributed by atoms with Gasteiger partial charge in [-0.15, -0.1) is 0 Å². The van der Waals surface area contributed by atoms with Gasteiger partial charge in [0.2, 0.25) is 41.4 Å². The number of hydrogen-bond donors (Lipinski definition) is 12. The van der Waals surface area contributed by atoms with Gasteiger partial charge in [0.05, 0.1) is 19.1 Å². The van der Waals surface area contributed by atoms with Gasteiger partial charge in [0.25, 0.3) is 0 Å². The molecule has 2 rings (SSSR count). The van der Waals surface area contributed by atoms with Crippen LogP contribution in [0.15, 0.2) is 30.5 Å². The summed E-state index contributed by atoms with van der Waals surface area (Å²) < 4.78 is 0. The molecular formula is C35H51N9O12. The number of aliphatic carboxylic acids is 2. The third kappa shape index (κ3) is 14.0. The number of nitrogens with one attached hydrogen (secondary N) is 7. The maximum absolute atomic E-state index is 13.7. The number of H-pyrrole nitrogens is 1. The van der Waals surface area contributed by atoms with Crippen LogP contribution in [0.3, 0.4) is 0 Å². The molecule has 0 aliphatic heterocycles. The van der Waals surface area contributed by atoms with Gasteiger partial charge in [-0.2, -0.15) is 0 Å². The minimum atomic E-state index is -1.75. The van der Waals surface area contributed by atoms with Gasteiger partial charge in [-0.1, -0.05) is 38.5 Å². The SMILES string of the molecule is CCC(C)C(NC(=O)C(CC(=O)O)NC(=O)C(C)N)C(=O)NC(CO)C(=O)NC(CCC(N)=O)C(=O)NC(Cc1c[nH]c2ccccc12)C(=O)NC(C)C(=O)O. The molecule has 8 unspecified atom stereocenters. The van der Waals surface area contributed by atoms with Crippen molar-refractivity contribution in [2.24, 2.45) is 17.4 Å². The number of carboxylic acid groups (broad SMARTS) is 2. The molecule has 2 aromatic rings. The molecule has 1 heterocycles. The van der Waals surface area contributed by atoms with Crippen molar-refractivity contribution in [2.75, 3.05) is 6.61 Å². The van der Waals surface area contributed by atoms with Crippen LogP contribution in [-0.2, 0) is 49.6 Å². The molecule has 308 valence electrons. The van der Waals surface area contributed by atoms with E-state index < -0.39 is 127 Å². The Morgan fingerprint density at radius 1 is 0.732 bits per heavy atom. The van der Waals surface area contributed by atoms with Crippen LogP contribution < -0.4 is 43.4 Å². The second kappa shape index (κ2) is 21.7. The van der Waals surface area contributed by atoms with Crippen molar-refractivity contribution in [3.63, 3.8) is 0 Å². The van der Waals surface area contributed by atoms with Crippen LogP contribution in [0, 0.1) is 5.92 Å². The normalized spacial score (nSPS) is 15.3. The fourth-order valence-electron chi connectivity index (χ4n) is 5.30. The maximum atomic E-state index is 13.7. The van der Waals surface area contributed by atoms with Crippen LogP contribution in [-0.4, -0.2) is 122 Å². The average Bonchev–Trinajstić information content (AvgIpc) is 3.55. The van der Waals surface area contributed by atoms with Crippen LogP contribution in [0.25, 0.3) is 10.9 Å². The number of fused-ring (bicyclic) bond motifs is 1. The van der Waals surface area contributed by atoms with Crippen molar-refractivity contribution in [1.82, 2.24) is 36.9 Å². The van der Waals surface area contributed by atoms with E-state index >= 15 is 0 Å². The number of carbonyl (C=O) groups is 9. The number of hydrogen-bond acceptors (Lipinski definition) is 11. The number of aromatic amines is 1. The molecule has 0 bridgehead atoms. The summed E-state index contributed by atoms with van der Waals surface area (Å²) in [4.78, 5) is 117. The summed E-state index contributed by atoms with van der Waals surface area (Å²) in [6, 6.07) is -3.11. The number of aromatic nitrogens is 1. The number of para-hydroxylation sites is 1. The Bertz CT molecular complexity index is 1760. The Hall–Kier alpha value is -6.09. The van der Waals surface area contributed by atoms with E-state index in [0.29, 0.717) is 10.9 Å². The number of carbonyl (C=O) groups excluding carboxylic acids is 7. The lowest BCUT2D eigenvalue weighted by Gasteiger charge is -2.28. The summed E-state index contributed by atoms with van der Waals surface area (Å²) in [5, 5.41) is 43.5. The Morgan fingerprint density at radius 3 is 1.86 bits per heavy atom. The Labute approximate surface area is 321 Å². The largest absolute Gasteiger partial charge is 0.481 e. The minimum Gasteiger partial charge on any atom is -0.481 e. The van der Waals surface area contributed by atoms with E-state index in [1.54, 1.807) is 44.3 Å². The molecule has 1 aromatic carbocycles. The van der Waals surface area contributed by atoms with Crippen LogP contribution in [0.2, 0.25) is 0 Å². The Balaban J connectivity index is 2.33. The number of aliphatic hydroxyl groups excluding tert-OH is 1. The van der Waals surface area contributed by atoms with Gasteiger partial charge in [0.15, 0.2) is 0 Å². The third-order valence-electron chi connectivity index (χ3n) is 8.81. The predicted molar refractivity (Wildman–Crippen MR) is 198 cm³/mol. The molecule has 8 atom stereocenters. The number of rotatable bonds is 23. The highest BCUT2D eigenvalue weighted by Gasteiger charge is 2.35. The molecule has 0 saturated heterocycles. The molecule has 0 spiro atoms. The highest BCUT2D eigenvalue weighted by atomic mass is 16.4. The smallest absolute Gasteiger partial charge is 0.325 e. The highest BCUT2D eigenvalue weighted by molar-refractivity contribution is 5.98. The first kappa shape index (κ1) is 46.1. The number of nitrogens with two attached hydrogens (primary N) is 2. The van der Waals surface area contributed by atoms with Gasteiger partial charge in [0.1, 0.15) is 36.3 Å². The lowest BCUT2D eigenvalue weighted by Crippen LogP contribution is -2.61. The van der Waals surface area contributed by atoms with Gasteiger partial charge in [-0.3, -0.25) is 43.2 Å². The number of aliphatic hydroxyl groups is 1. The molecule has 0 radical (unpaired) electrons. The number of primary amides is 1. The number of carboxylic acids is 2. The van der Waals surface area contributed by atoms with Gasteiger partial charge in [-0.05, 0) is 37.8 Å². The lowest BCUT2D eigenvalue weighted by atomic mass is 9.97. The summed E-state index contributed by atoms with van der Waals surface area (Å²) in [7, 11) is 0. The zero-order chi connectivity index (χ0) is 42.3. The standard InChI is InChI=1S/C35H51N9O12/c1-5-16(2)28(44-32(52)24(13-27(47)48)41-29(49)17(3)36)34(54)43-25(15-45)33(53)40-22(10-11-26(37)46)30(50)42-23(31(51)39-18(4)35(55)56)12-19-14-38-21-9-7-6-8-20(19)21/h6-9,14,16-18,22-25,28,38,45H,5,10-13,15,36H2,1-4H3,(H2,37,46)(H,39,51)(H,40,53)(H,41,49)(H,42,50)(H,43,54)(H,44,52)(H,47,48)(H,55,56). The fourth-order valence-corrected chi connectivity index (χ4v) is 5.30. The van der Waals surface area contributed by atoms with E-state index in [-0.39, 0.29) is 12.8 Å². The summed E-state index contributed by atoms with van der Waals surface area (Å²) >= 11 is 0. The first-order valence-corrected chi connectivity index (χ1v) is 17.8. The summed E-state index contributed by atoms with van der Waals surface area (Å²) in [6.45, 7) is 4.75. The quantitative estimate of drug-likeness (QED) is 0.0530. The van der Waals surface area contributed by atoms with Gasteiger partial charge in [0, 0.05) is 29.9 Å². The first-order chi connectivity index (χ1) is 26.3. The highest BCUT2D eigenvalue weighted by Crippen LogP contribution is 2.19. The number of amides is 7. The monoisotopic (exact) mass is 789 g/mol. The molecule has 0 aliphatic carbocycles. The van der Waals surface area contributed by atoms with Crippen LogP contribution in [0.1, 0.15) is 58.9 Å². The Kier molecular flexibility index (Phi) is 17.9. The summed E-state index contributed by atoms with van der Waals surface area (Å²) in [5.41, 5.74) is 12.1. The third-order valence-corrected chi connectivity index (χ3v) is 8.81. The van der Waals surface area contributed by atoms with E-state index in [9.17, 15) is 58.5 Å². The van der Waals surface area contributed by atoms with Crippen molar-refractivity contribution >= 4 is 64.2 Å². The fraction of sp³-hybridized carbons (Fsp3) is 0.514. The van der Waals surface area contributed by atoms with Crippen molar-refractivity contribution in [3.05, 3.63) is 36.0 Å². The van der Waals surface area contributed by atoms with E-state index in [4.69, 9.17) is 11.5 Å². The molecule has 21 heteroatoms. The molecular weight excluding hydrogens is 738 g/mol. The zero-order valence-electron chi connectivity index (χ0n) is 31.4. The first-order valence-electron chi connectivity index (χ1n) is 17.8. The lowest BCUT2D eigenvalue weighted by molar-refractivity contribution is -0.142. The van der Waals surface area contributed by atoms with Crippen molar-refractivity contribution in [1.29, 1.82) is 0 Å². The van der Waals surface area contributed by atoms with Crippen molar-refractivity contribution in [2.45, 2.75) is 102 Å². The van der Waals surface area contributed by atoms with Crippen LogP contribution >= 0.6 is 0 Å². The second-order valence-electron chi connectivity index (χ2n) is 13.3.